The quantitative estimate of drug-likeness (QED) is 0.733. The number of nitrogens with zero attached hydrogens (tertiary/aromatic N) is 7. The van der Waals surface area contributed by atoms with Crippen LogP contribution in [-0.2, 0) is 7.05 Å². The maximum atomic E-state index is 10.5. The molecule has 2 aromatic heterocycles. The third-order valence-electron chi connectivity index (χ3n) is 6.22. The Kier molecular flexibility index (Phi) is 4.24. The van der Waals surface area contributed by atoms with Crippen LogP contribution in [0.4, 0.5) is 5.95 Å². The van der Waals surface area contributed by atoms with Gasteiger partial charge in [0.25, 0.3) is 0 Å². The van der Waals surface area contributed by atoms with E-state index < -0.39 is 0 Å². The van der Waals surface area contributed by atoms with Crippen LogP contribution >= 0.6 is 0 Å². The van der Waals surface area contributed by atoms with Gasteiger partial charge in [0, 0.05) is 42.9 Å². The van der Waals surface area contributed by atoms with Crippen LogP contribution in [0.2, 0.25) is 0 Å². The van der Waals surface area contributed by atoms with Crippen LogP contribution in [0.25, 0.3) is 22.5 Å². The average Bonchev–Trinajstić information content (AvgIpc) is 3.14. The van der Waals surface area contributed by atoms with Crippen molar-refractivity contribution in [1.82, 2.24) is 29.9 Å². The molecule has 1 N–H and O–H groups in total. The van der Waals surface area contributed by atoms with Gasteiger partial charge in [-0.2, -0.15) is 5.10 Å². The van der Waals surface area contributed by atoms with Gasteiger partial charge in [-0.25, -0.2) is 4.98 Å². The SMILES string of the molecule is CN1CCC2(CC1)CN(c1ncc(-c3ccc(-c4ccn(C)n4)cc3O)nn1)C2. The molecule has 0 aliphatic carbocycles. The number of piperidine rings is 1. The minimum Gasteiger partial charge on any atom is -0.507 e. The molecule has 2 aliphatic heterocycles. The van der Waals surface area contributed by atoms with Crippen LogP contribution in [0.15, 0.2) is 36.7 Å². The molecule has 0 bridgehead atoms. The number of hydrogen-bond acceptors (Lipinski definition) is 7. The number of hydrogen-bond donors (Lipinski definition) is 1. The third kappa shape index (κ3) is 3.33. The first-order chi connectivity index (χ1) is 14.0. The molecule has 0 radical (unpaired) electrons. The van der Waals surface area contributed by atoms with Gasteiger partial charge in [-0.3, -0.25) is 4.68 Å². The molecule has 29 heavy (non-hydrogen) atoms. The largest absolute Gasteiger partial charge is 0.507 e. The smallest absolute Gasteiger partial charge is 0.245 e. The molecule has 2 fully saturated rings. The van der Waals surface area contributed by atoms with Crippen molar-refractivity contribution in [2.75, 3.05) is 38.1 Å². The lowest BCUT2D eigenvalue weighted by atomic mass is 9.72. The van der Waals surface area contributed by atoms with E-state index in [1.807, 2.05) is 31.4 Å². The summed E-state index contributed by atoms with van der Waals surface area (Å²) >= 11 is 0. The van der Waals surface area contributed by atoms with E-state index in [0.717, 1.165) is 24.3 Å². The van der Waals surface area contributed by atoms with Gasteiger partial charge >= 0.3 is 0 Å². The lowest BCUT2D eigenvalue weighted by Gasteiger charge is -2.53. The summed E-state index contributed by atoms with van der Waals surface area (Å²) in [5, 5.41) is 23.5. The van der Waals surface area contributed by atoms with Gasteiger partial charge < -0.3 is 14.9 Å². The lowest BCUT2D eigenvalue weighted by Crippen LogP contribution is -2.60. The zero-order valence-electron chi connectivity index (χ0n) is 16.8. The summed E-state index contributed by atoms with van der Waals surface area (Å²) in [5.41, 5.74) is 3.27. The number of anilines is 1. The van der Waals surface area contributed by atoms with Crippen LogP contribution in [0.5, 0.6) is 5.75 Å². The number of phenols is 1. The Bertz CT molecular complexity index is 1010. The second kappa shape index (κ2) is 6.81. The summed E-state index contributed by atoms with van der Waals surface area (Å²) < 4.78 is 1.74. The fourth-order valence-corrected chi connectivity index (χ4v) is 4.33. The van der Waals surface area contributed by atoms with Crippen molar-refractivity contribution in [3.63, 3.8) is 0 Å². The van der Waals surface area contributed by atoms with Crippen molar-refractivity contribution in [3.8, 4) is 28.3 Å². The maximum Gasteiger partial charge on any atom is 0.245 e. The molecule has 5 rings (SSSR count). The van der Waals surface area contributed by atoms with E-state index >= 15 is 0 Å². The highest BCUT2D eigenvalue weighted by atomic mass is 16.3. The topological polar surface area (TPSA) is 83.2 Å². The average molecular weight is 391 g/mol. The van der Waals surface area contributed by atoms with Gasteiger partial charge in [0.05, 0.1) is 11.9 Å². The molecular weight excluding hydrogens is 366 g/mol. The van der Waals surface area contributed by atoms with E-state index in [1.165, 1.54) is 25.9 Å². The molecule has 150 valence electrons. The second-order valence-corrected chi connectivity index (χ2v) is 8.41. The zero-order valence-corrected chi connectivity index (χ0v) is 16.8. The standard InChI is InChI=1S/C21H25N7O/c1-26-9-6-21(7-10-26)13-28(14-21)20-22-12-18(23-24-20)16-4-3-15(11-19(16)29)17-5-8-27(2)25-17/h3-5,8,11-12,29H,6-7,9-10,13-14H2,1-2H3. The molecule has 1 aromatic carbocycles. The third-order valence-corrected chi connectivity index (χ3v) is 6.22. The predicted octanol–water partition coefficient (Wildman–Crippen LogP) is 2.18. The summed E-state index contributed by atoms with van der Waals surface area (Å²) in [6.45, 7) is 4.34. The van der Waals surface area contributed by atoms with E-state index in [2.05, 4.69) is 37.1 Å². The first-order valence-electron chi connectivity index (χ1n) is 9.98. The number of benzene rings is 1. The Labute approximate surface area is 169 Å². The fraction of sp³-hybridized carbons (Fsp3) is 0.429. The Morgan fingerprint density at radius 1 is 1.00 bits per heavy atom. The van der Waals surface area contributed by atoms with Crippen LogP contribution in [0, 0.1) is 5.41 Å². The summed E-state index contributed by atoms with van der Waals surface area (Å²) in [6.07, 6.45) is 6.04. The van der Waals surface area contributed by atoms with Crippen molar-refractivity contribution < 1.29 is 5.11 Å². The van der Waals surface area contributed by atoms with E-state index in [9.17, 15) is 5.11 Å². The fourth-order valence-electron chi connectivity index (χ4n) is 4.33. The van der Waals surface area contributed by atoms with Crippen LogP contribution in [0.3, 0.4) is 0 Å². The van der Waals surface area contributed by atoms with Gasteiger partial charge in [0.15, 0.2) is 0 Å². The highest BCUT2D eigenvalue weighted by molar-refractivity contribution is 5.72. The normalized spacial score (nSPS) is 18.8. The second-order valence-electron chi connectivity index (χ2n) is 8.41. The number of likely N-dealkylation sites (tertiary alicyclic amines) is 1. The van der Waals surface area contributed by atoms with E-state index in [1.54, 1.807) is 16.9 Å². The lowest BCUT2D eigenvalue weighted by molar-refractivity contribution is 0.0893. The first kappa shape index (κ1) is 18.1. The van der Waals surface area contributed by atoms with Gasteiger partial charge in [0.2, 0.25) is 5.95 Å². The summed E-state index contributed by atoms with van der Waals surface area (Å²) in [4.78, 5) is 9.11. The van der Waals surface area contributed by atoms with E-state index in [0.29, 0.717) is 22.6 Å². The van der Waals surface area contributed by atoms with Crippen molar-refractivity contribution in [2.45, 2.75) is 12.8 Å². The van der Waals surface area contributed by atoms with E-state index in [-0.39, 0.29) is 5.75 Å². The number of aromatic nitrogens is 5. The highest BCUT2D eigenvalue weighted by Gasteiger charge is 2.45. The van der Waals surface area contributed by atoms with Gasteiger partial charge in [-0.1, -0.05) is 6.07 Å². The molecule has 4 heterocycles. The molecular formula is C21H25N7O. The molecule has 2 saturated heterocycles. The molecule has 8 heteroatoms. The molecule has 1 spiro atoms. The molecule has 3 aromatic rings. The molecule has 0 atom stereocenters. The number of aryl methyl sites for hydroxylation is 1. The van der Waals surface area contributed by atoms with Gasteiger partial charge in [0.1, 0.15) is 11.4 Å². The molecule has 0 saturated carbocycles. The minimum atomic E-state index is 0.145. The number of phenolic OH excluding ortho intramolecular Hbond substituents is 1. The Morgan fingerprint density at radius 2 is 1.79 bits per heavy atom. The van der Waals surface area contributed by atoms with E-state index in [4.69, 9.17) is 0 Å². The predicted molar refractivity (Wildman–Crippen MR) is 111 cm³/mol. The van der Waals surface area contributed by atoms with Crippen molar-refractivity contribution >= 4 is 5.95 Å². The Balaban J connectivity index is 1.30. The summed E-state index contributed by atoms with van der Waals surface area (Å²) in [7, 11) is 4.06. The Hall–Kier alpha value is -3.00. The van der Waals surface area contributed by atoms with Crippen LogP contribution < -0.4 is 4.90 Å². The minimum absolute atomic E-state index is 0.145. The van der Waals surface area contributed by atoms with Crippen molar-refractivity contribution in [3.05, 3.63) is 36.7 Å². The van der Waals surface area contributed by atoms with Gasteiger partial charge in [-0.15, -0.1) is 10.2 Å². The summed E-state index contributed by atoms with van der Waals surface area (Å²) in [5.74, 6) is 0.814. The van der Waals surface area contributed by atoms with Crippen LogP contribution in [-0.4, -0.2) is 68.2 Å². The number of aromatic hydroxyl groups is 1. The highest BCUT2D eigenvalue weighted by Crippen LogP contribution is 2.41. The van der Waals surface area contributed by atoms with Crippen molar-refractivity contribution in [2.24, 2.45) is 12.5 Å². The molecule has 2 aliphatic rings. The first-order valence-corrected chi connectivity index (χ1v) is 9.98. The number of rotatable bonds is 3. The molecule has 0 amide bonds. The maximum absolute atomic E-state index is 10.5. The molecule has 8 nitrogen and oxygen atoms in total. The van der Waals surface area contributed by atoms with Crippen LogP contribution in [0.1, 0.15) is 12.8 Å². The van der Waals surface area contributed by atoms with Crippen molar-refractivity contribution in [1.29, 1.82) is 0 Å². The summed E-state index contributed by atoms with van der Waals surface area (Å²) in [6, 6.07) is 7.37. The zero-order chi connectivity index (χ0) is 20.0. The molecule has 0 unspecified atom stereocenters. The Morgan fingerprint density at radius 3 is 2.41 bits per heavy atom. The van der Waals surface area contributed by atoms with Gasteiger partial charge in [-0.05, 0) is 51.2 Å². The monoisotopic (exact) mass is 391 g/mol.